The summed E-state index contributed by atoms with van der Waals surface area (Å²) in [5, 5.41) is 0. The lowest BCUT2D eigenvalue weighted by Crippen LogP contribution is -2.43. The van der Waals surface area contributed by atoms with Gasteiger partial charge >= 0.3 is 0 Å². The number of carbonyl (C=O) groups excluding carboxylic acids is 1. The van der Waals surface area contributed by atoms with E-state index in [0.29, 0.717) is 19.0 Å². The largest absolute Gasteiger partial charge is 0.376 e. The van der Waals surface area contributed by atoms with Gasteiger partial charge in [-0.15, -0.1) is 0 Å². The van der Waals surface area contributed by atoms with Crippen molar-refractivity contribution in [3.63, 3.8) is 0 Å². The van der Waals surface area contributed by atoms with Crippen LogP contribution >= 0.6 is 0 Å². The molecule has 32 heavy (non-hydrogen) atoms. The average molecular weight is 438 g/mol. The van der Waals surface area contributed by atoms with E-state index in [9.17, 15) is 9.18 Å². The first-order valence-electron chi connectivity index (χ1n) is 11.6. The van der Waals surface area contributed by atoms with E-state index in [1.807, 2.05) is 35.2 Å². The maximum absolute atomic E-state index is 14.0. The number of aromatic nitrogens is 1. The summed E-state index contributed by atoms with van der Waals surface area (Å²) < 4.78 is 19.8. The van der Waals surface area contributed by atoms with Crippen LogP contribution in [0.4, 0.5) is 4.39 Å². The molecule has 2 aromatic rings. The van der Waals surface area contributed by atoms with Crippen molar-refractivity contribution in [2.75, 3.05) is 32.8 Å². The van der Waals surface area contributed by atoms with Crippen LogP contribution in [0, 0.1) is 11.7 Å². The molecule has 170 valence electrons. The summed E-state index contributed by atoms with van der Waals surface area (Å²) in [5.74, 6) is 0.349. The highest BCUT2D eigenvalue weighted by atomic mass is 19.1. The fourth-order valence-corrected chi connectivity index (χ4v) is 4.54. The van der Waals surface area contributed by atoms with Gasteiger partial charge in [0.2, 0.25) is 5.91 Å². The van der Waals surface area contributed by atoms with Crippen LogP contribution in [0.25, 0.3) is 6.08 Å². The minimum absolute atomic E-state index is 0.0334. The molecule has 2 aliphatic heterocycles. The fraction of sp³-hybridized carbons (Fsp3) is 0.462. The Hall–Kier alpha value is -2.57. The van der Waals surface area contributed by atoms with Crippen LogP contribution in [-0.4, -0.2) is 59.6 Å². The Kier molecular flexibility index (Phi) is 8.02. The van der Waals surface area contributed by atoms with E-state index in [2.05, 4.69) is 9.88 Å². The second kappa shape index (κ2) is 11.3. The third-order valence-corrected chi connectivity index (χ3v) is 6.42. The number of benzene rings is 1. The zero-order chi connectivity index (χ0) is 22.2. The molecule has 0 saturated carbocycles. The Bertz CT molecular complexity index is 891. The molecule has 2 fully saturated rings. The first-order valence-corrected chi connectivity index (χ1v) is 11.6. The van der Waals surface area contributed by atoms with Crippen LogP contribution in [0.5, 0.6) is 0 Å². The molecule has 1 amide bonds. The highest BCUT2D eigenvalue weighted by Crippen LogP contribution is 2.22. The molecule has 0 aliphatic carbocycles. The van der Waals surface area contributed by atoms with Gasteiger partial charge in [0.1, 0.15) is 5.82 Å². The molecule has 2 aliphatic rings. The molecule has 2 saturated heterocycles. The van der Waals surface area contributed by atoms with Crippen molar-refractivity contribution in [2.45, 2.75) is 38.3 Å². The maximum atomic E-state index is 14.0. The third-order valence-electron chi connectivity index (χ3n) is 6.42. The van der Waals surface area contributed by atoms with Crippen molar-refractivity contribution >= 4 is 12.0 Å². The minimum Gasteiger partial charge on any atom is -0.376 e. The van der Waals surface area contributed by atoms with Crippen LogP contribution in [0.1, 0.15) is 36.8 Å². The van der Waals surface area contributed by atoms with Gasteiger partial charge in [-0.2, -0.15) is 0 Å². The molecule has 4 rings (SSSR count). The normalized spacial score (nSPS) is 20.1. The lowest BCUT2D eigenvalue weighted by Gasteiger charge is -2.35. The van der Waals surface area contributed by atoms with Crippen molar-refractivity contribution in [2.24, 2.45) is 5.92 Å². The fourth-order valence-electron chi connectivity index (χ4n) is 4.54. The molecule has 0 bridgehead atoms. The van der Waals surface area contributed by atoms with Gasteiger partial charge in [-0.05, 0) is 74.5 Å². The predicted octanol–water partition coefficient (Wildman–Crippen LogP) is 4.15. The Morgan fingerprint density at radius 3 is 2.62 bits per heavy atom. The summed E-state index contributed by atoms with van der Waals surface area (Å²) in [7, 11) is 0. The average Bonchev–Trinajstić information content (AvgIpc) is 3.34. The summed E-state index contributed by atoms with van der Waals surface area (Å²) in [5.41, 5.74) is 1.72. The van der Waals surface area contributed by atoms with Gasteiger partial charge in [-0.1, -0.05) is 18.2 Å². The van der Waals surface area contributed by atoms with E-state index in [0.717, 1.165) is 63.1 Å². The predicted molar refractivity (Wildman–Crippen MR) is 123 cm³/mol. The summed E-state index contributed by atoms with van der Waals surface area (Å²) >= 11 is 0. The molecule has 1 aromatic heterocycles. The number of rotatable bonds is 8. The molecule has 3 heterocycles. The Morgan fingerprint density at radius 1 is 1.12 bits per heavy atom. The standard InChI is InChI=1S/C26H32FN3O2/c27-25-6-2-1-4-23(25)19-29-15-11-22(12-16-29)18-30(20-24-5-3-17-32-24)26(31)8-7-21-9-13-28-14-10-21/h1-2,4,6-10,13-14,22,24H,3,5,11-12,15-20H2/b8-7+/t24-/m1/s1. The molecule has 0 unspecified atom stereocenters. The van der Waals surface area contributed by atoms with Crippen molar-refractivity contribution in [1.29, 1.82) is 0 Å². The monoisotopic (exact) mass is 437 g/mol. The van der Waals surface area contributed by atoms with Gasteiger partial charge in [-0.25, -0.2) is 4.39 Å². The molecular formula is C26H32FN3O2. The van der Waals surface area contributed by atoms with Crippen molar-refractivity contribution in [1.82, 2.24) is 14.8 Å². The minimum atomic E-state index is -0.135. The summed E-state index contributed by atoms with van der Waals surface area (Å²) in [6.45, 7) is 4.67. The summed E-state index contributed by atoms with van der Waals surface area (Å²) in [6, 6.07) is 10.8. The van der Waals surface area contributed by atoms with Crippen LogP contribution in [0.2, 0.25) is 0 Å². The van der Waals surface area contributed by atoms with Gasteiger partial charge in [0, 0.05) is 50.3 Å². The Labute approximate surface area is 189 Å². The number of hydrogen-bond donors (Lipinski definition) is 0. The van der Waals surface area contributed by atoms with Gasteiger partial charge in [-0.3, -0.25) is 14.7 Å². The third kappa shape index (κ3) is 6.47. The Balaban J connectivity index is 1.33. The van der Waals surface area contributed by atoms with Crippen LogP contribution < -0.4 is 0 Å². The molecule has 6 heteroatoms. The number of nitrogens with zero attached hydrogens (tertiary/aromatic N) is 3. The lowest BCUT2D eigenvalue weighted by molar-refractivity contribution is -0.128. The number of pyridine rings is 1. The number of hydrogen-bond acceptors (Lipinski definition) is 4. The zero-order valence-electron chi connectivity index (χ0n) is 18.5. The first-order chi connectivity index (χ1) is 15.7. The van der Waals surface area contributed by atoms with Gasteiger partial charge in [0.25, 0.3) is 0 Å². The number of carbonyl (C=O) groups is 1. The molecule has 0 radical (unpaired) electrons. The van der Waals surface area contributed by atoms with E-state index >= 15 is 0 Å². The number of amides is 1. The van der Waals surface area contributed by atoms with E-state index in [1.54, 1.807) is 24.5 Å². The van der Waals surface area contributed by atoms with E-state index in [4.69, 9.17) is 4.74 Å². The van der Waals surface area contributed by atoms with Gasteiger partial charge in [0.15, 0.2) is 0 Å². The molecule has 5 nitrogen and oxygen atoms in total. The van der Waals surface area contributed by atoms with Crippen LogP contribution in [0.15, 0.2) is 54.9 Å². The van der Waals surface area contributed by atoms with Crippen molar-refractivity contribution in [3.05, 3.63) is 71.8 Å². The van der Waals surface area contributed by atoms with Gasteiger partial charge in [0.05, 0.1) is 6.10 Å². The van der Waals surface area contributed by atoms with Crippen molar-refractivity contribution < 1.29 is 13.9 Å². The van der Waals surface area contributed by atoms with Gasteiger partial charge < -0.3 is 9.64 Å². The molecule has 0 N–H and O–H groups in total. The second-order valence-electron chi connectivity index (χ2n) is 8.80. The smallest absolute Gasteiger partial charge is 0.246 e. The van der Waals surface area contributed by atoms with Crippen LogP contribution in [-0.2, 0) is 16.1 Å². The second-order valence-corrected chi connectivity index (χ2v) is 8.80. The van der Waals surface area contributed by atoms with Crippen LogP contribution in [0.3, 0.4) is 0 Å². The topological polar surface area (TPSA) is 45.7 Å². The van der Waals surface area contributed by atoms with Crippen molar-refractivity contribution in [3.8, 4) is 0 Å². The maximum Gasteiger partial charge on any atom is 0.246 e. The van der Waals surface area contributed by atoms with E-state index < -0.39 is 0 Å². The summed E-state index contributed by atoms with van der Waals surface area (Å²) in [4.78, 5) is 21.3. The quantitative estimate of drug-likeness (QED) is 0.582. The highest BCUT2D eigenvalue weighted by Gasteiger charge is 2.26. The Morgan fingerprint density at radius 2 is 1.91 bits per heavy atom. The zero-order valence-corrected chi connectivity index (χ0v) is 18.5. The molecular weight excluding hydrogens is 405 g/mol. The molecule has 0 spiro atoms. The number of halogens is 1. The lowest BCUT2D eigenvalue weighted by atomic mass is 9.95. The molecule has 1 aromatic carbocycles. The highest BCUT2D eigenvalue weighted by molar-refractivity contribution is 5.91. The van der Waals surface area contributed by atoms with E-state index in [-0.39, 0.29) is 17.8 Å². The number of ether oxygens (including phenoxy) is 1. The SMILES string of the molecule is O=C(/C=C/c1ccncc1)N(CC1CCN(Cc2ccccc2F)CC1)C[C@H]1CCCO1. The number of likely N-dealkylation sites (tertiary alicyclic amines) is 1. The first kappa shape index (κ1) is 22.6. The molecule has 1 atom stereocenters. The van der Waals surface area contributed by atoms with E-state index in [1.165, 1.54) is 6.07 Å². The number of piperidine rings is 1. The summed E-state index contributed by atoms with van der Waals surface area (Å²) in [6.07, 6.45) is 11.2.